The highest BCUT2D eigenvalue weighted by molar-refractivity contribution is 6.01. The number of anilines is 1. The van der Waals surface area contributed by atoms with Gasteiger partial charge in [0.15, 0.2) is 0 Å². The van der Waals surface area contributed by atoms with Gasteiger partial charge in [-0.3, -0.25) is 10.7 Å². The molecule has 2 aromatic rings. The Kier molecular flexibility index (Phi) is 8.64. The Bertz CT molecular complexity index is 1130. The van der Waals surface area contributed by atoms with E-state index in [1.54, 1.807) is 29.2 Å². The number of nitrogen functional groups attached to an aromatic ring is 1. The van der Waals surface area contributed by atoms with Crippen LogP contribution in [0.3, 0.4) is 0 Å². The minimum absolute atomic E-state index is 0.000693. The molecular formula is C28H41N7O3. The molecule has 1 aliphatic heterocycles. The molecule has 1 saturated heterocycles. The number of benzene rings is 1. The summed E-state index contributed by atoms with van der Waals surface area (Å²) in [6.45, 7) is 12.6. The molecule has 1 aromatic carbocycles. The molecule has 2 heterocycles. The van der Waals surface area contributed by atoms with Crippen molar-refractivity contribution in [2.75, 3.05) is 25.9 Å². The second-order valence-electron chi connectivity index (χ2n) is 11.4. The third kappa shape index (κ3) is 6.59. The number of carbonyl (C=O) groups excluding carboxylic acids is 2. The number of nitrogens with two attached hydrogens (primary N) is 1. The van der Waals surface area contributed by atoms with Crippen molar-refractivity contribution in [3.63, 3.8) is 0 Å². The molecule has 0 bridgehead atoms. The predicted molar refractivity (Wildman–Crippen MR) is 149 cm³/mol. The number of aromatic nitrogens is 2. The van der Waals surface area contributed by atoms with Crippen LogP contribution in [-0.2, 0) is 10.2 Å². The van der Waals surface area contributed by atoms with Gasteiger partial charge in [0.1, 0.15) is 11.4 Å². The van der Waals surface area contributed by atoms with E-state index >= 15 is 0 Å². The fourth-order valence-electron chi connectivity index (χ4n) is 4.52. The van der Waals surface area contributed by atoms with E-state index in [2.05, 4.69) is 15.3 Å². The number of carbonyl (C=O) groups is 2. The Labute approximate surface area is 225 Å². The maximum absolute atomic E-state index is 13.1. The van der Waals surface area contributed by atoms with E-state index in [4.69, 9.17) is 15.9 Å². The van der Waals surface area contributed by atoms with Crippen LogP contribution >= 0.6 is 0 Å². The molecule has 38 heavy (non-hydrogen) atoms. The molecule has 10 heteroatoms. The Morgan fingerprint density at radius 1 is 1.08 bits per heavy atom. The third-order valence-corrected chi connectivity index (χ3v) is 7.38. The van der Waals surface area contributed by atoms with E-state index in [0.717, 1.165) is 16.7 Å². The van der Waals surface area contributed by atoms with Crippen LogP contribution in [0.1, 0.15) is 59.9 Å². The van der Waals surface area contributed by atoms with Gasteiger partial charge >= 0.3 is 12.1 Å². The monoisotopic (exact) mass is 523 g/mol. The van der Waals surface area contributed by atoms with Crippen LogP contribution < -0.4 is 11.1 Å². The molecule has 1 aromatic heterocycles. The molecule has 1 unspecified atom stereocenters. The molecule has 0 radical (unpaired) electrons. The molecule has 1 fully saturated rings. The van der Waals surface area contributed by atoms with Crippen LogP contribution in [0.2, 0.25) is 0 Å². The smallest absolute Gasteiger partial charge is 0.410 e. The van der Waals surface area contributed by atoms with Gasteiger partial charge in [0, 0.05) is 44.1 Å². The maximum atomic E-state index is 13.1. The van der Waals surface area contributed by atoms with Crippen molar-refractivity contribution >= 4 is 23.9 Å². The van der Waals surface area contributed by atoms with E-state index in [1.165, 1.54) is 0 Å². The molecule has 1 aliphatic rings. The largest absolute Gasteiger partial charge is 0.444 e. The molecule has 206 valence electrons. The van der Waals surface area contributed by atoms with Gasteiger partial charge in [-0.15, -0.1) is 0 Å². The van der Waals surface area contributed by atoms with E-state index in [0.29, 0.717) is 25.9 Å². The summed E-state index contributed by atoms with van der Waals surface area (Å²) in [6.07, 6.45) is 4.29. The quantitative estimate of drug-likeness (QED) is 0.385. The number of hydrogen-bond donors (Lipinski definition) is 3. The first-order valence-corrected chi connectivity index (χ1v) is 13.0. The molecule has 4 N–H and O–H groups in total. The first kappa shape index (κ1) is 28.9. The van der Waals surface area contributed by atoms with Crippen molar-refractivity contribution in [1.29, 1.82) is 5.41 Å². The van der Waals surface area contributed by atoms with Crippen LogP contribution in [0.5, 0.6) is 0 Å². The molecule has 1 atom stereocenters. The van der Waals surface area contributed by atoms with Gasteiger partial charge in [0.05, 0.1) is 5.41 Å². The van der Waals surface area contributed by atoms with Crippen LogP contribution in [0.25, 0.3) is 11.1 Å². The second kappa shape index (κ2) is 11.4. The molecule has 0 saturated carbocycles. The lowest BCUT2D eigenvalue weighted by Crippen LogP contribution is -2.54. The lowest BCUT2D eigenvalue weighted by Gasteiger charge is -2.39. The highest BCUT2D eigenvalue weighted by Crippen LogP contribution is 2.34. The highest BCUT2D eigenvalue weighted by atomic mass is 16.6. The van der Waals surface area contributed by atoms with Gasteiger partial charge in [0.2, 0.25) is 5.95 Å². The maximum Gasteiger partial charge on any atom is 0.410 e. The summed E-state index contributed by atoms with van der Waals surface area (Å²) >= 11 is 0. The highest BCUT2D eigenvalue weighted by Gasteiger charge is 2.38. The summed E-state index contributed by atoms with van der Waals surface area (Å²) in [5.74, 6) is 0.421. The van der Waals surface area contributed by atoms with Gasteiger partial charge in [-0.05, 0) is 57.6 Å². The number of ether oxygens (including phenoxy) is 1. The van der Waals surface area contributed by atoms with E-state index in [1.807, 2.05) is 65.8 Å². The van der Waals surface area contributed by atoms with Crippen LogP contribution in [-0.4, -0.2) is 69.5 Å². The normalized spacial score (nSPS) is 16.1. The number of nitrogens with zero attached hydrogens (tertiary/aromatic N) is 4. The zero-order valence-corrected chi connectivity index (χ0v) is 23.5. The lowest BCUT2D eigenvalue weighted by molar-refractivity contribution is 0.0168. The molecule has 3 rings (SSSR count). The zero-order chi connectivity index (χ0) is 28.3. The molecule has 0 aliphatic carbocycles. The van der Waals surface area contributed by atoms with E-state index in [9.17, 15) is 9.59 Å². The number of rotatable bonds is 5. The van der Waals surface area contributed by atoms with Gasteiger partial charge in [0.25, 0.3) is 0 Å². The van der Waals surface area contributed by atoms with Crippen molar-refractivity contribution in [1.82, 2.24) is 25.1 Å². The average Bonchev–Trinajstić information content (AvgIpc) is 2.87. The topological polar surface area (TPSA) is 138 Å². The second-order valence-corrected chi connectivity index (χ2v) is 11.4. The summed E-state index contributed by atoms with van der Waals surface area (Å²) in [7, 11) is 1.74. The number of nitrogens with one attached hydrogen (secondary N) is 2. The minimum atomic E-state index is -0.707. The minimum Gasteiger partial charge on any atom is -0.444 e. The summed E-state index contributed by atoms with van der Waals surface area (Å²) in [6, 6.07) is 7.59. The summed E-state index contributed by atoms with van der Waals surface area (Å²) in [5, 5.41) is 11.7. The van der Waals surface area contributed by atoms with Crippen molar-refractivity contribution in [3.05, 3.63) is 42.2 Å². The van der Waals surface area contributed by atoms with Crippen LogP contribution in [0, 0.1) is 11.3 Å². The van der Waals surface area contributed by atoms with Crippen molar-refractivity contribution in [2.45, 2.75) is 71.4 Å². The Morgan fingerprint density at radius 2 is 1.63 bits per heavy atom. The number of urea groups is 1. The molecule has 0 spiro atoms. The molecule has 10 nitrogen and oxygen atoms in total. The van der Waals surface area contributed by atoms with E-state index in [-0.39, 0.29) is 35.9 Å². The van der Waals surface area contributed by atoms with Crippen molar-refractivity contribution in [2.24, 2.45) is 5.92 Å². The van der Waals surface area contributed by atoms with Crippen LogP contribution in [0.4, 0.5) is 15.5 Å². The Morgan fingerprint density at radius 3 is 2.13 bits per heavy atom. The van der Waals surface area contributed by atoms with E-state index < -0.39 is 11.0 Å². The lowest BCUT2D eigenvalue weighted by atomic mass is 9.72. The predicted octanol–water partition coefficient (Wildman–Crippen LogP) is 4.66. The first-order chi connectivity index (χ1) is 17.7. The van der Waals surface area contributed by atoms with Gasteiger partial charge in [-0.25, -0.2) is 19.6 Å². The summed E-state index contributed by atoms with van der Waals surface area (Å²) in [4.78, 5) is 37.0. The molecule has 3 amide bonds. The number of amidine groups is 1. The number of amides is 3. The fourth-order valence-corrected chi connectivity index (χ4v) is 4.52. The molecular weight excluding hydrogens is 482 g/mol. The average molecular weight is 524 g/mol. The van der Waals surface area contributed by atoms with Gasteiger partial charge in [-0.2, -0.15) is 0 Å². The summed E-state index contributed by atoms with van der Waals surface area (Å²) < 4.78 is 5.47. The Hall–Kier alpha value is -3.69. The van der Waals surface area contributed by atoms with Crippen LogP contribution in [0.15, 0.2) is 36.7 Å². The number of piperidine rings is 1. The Balaban J connectivity index is 1.64. The third-order valence-electron chi connectivity index (χ3n) is 7.38. The SMILES string of the molecule is CC(C)C(C)(C(=N)NC(=O)N1CCC(N(C)C(=O)OC(C)(C)C)CC1)c1ccc(-c2cnc(N)nc2)cc1. The summed E-state index contributed by atoms with van der Waals surface area (Å²) in [5.41, 5.74) is 7.05. The van der Waals surface area contributed by atoms with Crippen molar-refractivity contribution < 1.29 is 14.3 Å². The first-order valence-electron chi connectivity index (χ1n) is 13.0. The van der Waals surface area contributed by atoms with Crippen molar-refractivity contribution in [3.8, 4) is 11.1 Å². The standard InChI is InChI=1S/C28H41N7O3/c1-18(2)28(6,21-10-8-19(9-11-21)20-16-31-24(30)32-17-20)23(29)33-25(36)35-14-12-22(13-15-35)34(7)26(37)38-27(3,4)5/h8-11,16-18,22H,12-15H2,1-7H3,(H2,29,33,36)(H2,30,31,32). The van der Waals surface area contributed by atoms with Gasteiger partial charge < -0.3 is 20.3 Å². The zero-order valence-electron chi connectivity index (χ0n) is 23.5. The number of likely N-dealkylation sites (tertiary alicyclic amines) is 1. The number of hydrogen-bond acceptors (Lipinski definition) is 7. The fraction of sp³-hybridized carbons (Fsp3) is 0.536. The van der Waals surface area contributed by atoms with Gasteiger partial charge in [-0.1, -0.05) is 38.1 Å².